The number of carbonyl (C=O) groups is 1. The molecule has 0 saturated carbocycles. The third-order valence-corrected chi connectivity index (χ3v) is 7.75. The molecule has 0 atom stereocenters. The number of halogens is 1. The van der Waals surface area contributed by atoms with Crippen LogP contribution in [0.2, 0.25) is 0 Å². The molecule has 244 valence electrons. The molecular formula is C27H34ClN5O10P2. The number of carbonyl (C=O) groups excluding carboxylic acids is 1. The molecule has 0 saturated heterocycles. The van der Waals surface area contributed by atoms with Crippen LogP contribution in [0.15, 0.2) is 36.4 Å². The number of hydrogen-bond acceptors (Lipinski definition) is 9. The average molecular weight is 686 g/mol. The van der Waals surface area contributed by atoms with Crippen molar-refractivity contribution in [2.75, 3.05) is 31.4 Å². The van der Waals surface area contributed by atoms with Gasteiger partial charge in [-0.1, -0.05) is 25.5 Å². The number of imidazole rings is 1. The summed E-state index contributed by atoms with van der Waals surface area (Å²) in [7, 11) is -9.93. The molecule has 45 heavy (non-hydrogen) atoms. The van der Waals surface area contributed by atoms with Gasteiger partial charge in [-0.3, -0.25) is 24.4 Å². The number of unbranched alkanes of at least 4 members (excludes halogenated alkanes) is 1. The normalized spacial score (nSPS) is 12.1. The Labute approximate surface area is 263 Å². The molecule has 7 N–H and O–H groups in total. The van der Waals surface area contributed by atoms with Crippen LogP contribution in [0.25, 0.3) is 21.9 Å². The van der Waals surface area contributed by atoms with E-state index in [-0.39, 0.29) is 41.2 Å². The zero-order valence-corrected chi connectivity index (χ0v) is 26.8. The molecule has 0 aliphatic heterocycles. The zero-order chi connectivity index (χ0) is 32.8. The third-order valence-electron chi connectivity index (χ3n) is 6.63. The maximum absolute atomic E-state index is 11.7. The van der Waals surface area contributed by atoms with E-state index in [1.807, 2.05) is 29.7 Å². The molecule has 0 aliphatic carbocycles. The molecular weight excluding hydrogens is 652 g/mol. The van der Waals surface area contributed by atoms with Crippen molar-refractivity contribution in [3.05, 3.63) is 53.3 Å². The predicted octanol–water partition coefficient (Wildman–Crippen LogP) is 3.41. The number of alkyl halides is 1. The van der Waals surface area contributed by atoms with Crippen molar-refractivity contribution in [1.82, 2.24) is 19.9 Å². The maximum Gasteiger partial charge on any atom is 0.524 e. The van der Waals surface area contributed by atoms with E-state index in [0.29, 0.717) is 60.4 Å². The van der Waals surface area contributed by atoms with Crippen molar-refractivity contribution in [1.29, 1.82) is 0 Å². The van der Waals surface area contributed by atoms with E-state index in [4.69, 9.17) is 36.1 Å². The number of aromatic nitrogens is 3. The van der Waals surface area contributed by atoms with Gasteiger partial charge in [-0.25, -0.2) is 19.1 Å². The monoisotopic (exact) mass is 685 g/mol. The fourth-order valence-electron chi connectivity index (χ4n) is 4.72. The molecule has 0 radical (unpaired) electrons. The van der Waals surface area contributed by atoms with Crippen LogP contribution in [-0.2, 0) is 38.0 Å². The van der Waals surface area contributed by atoms with Gasteiger partial charge in [0.1, 0.15) is 28.7 Å². The first-order valence-electron chi connectivity index (χ1n) is 13.9. The smallest absolute Gasteiger partial charge is 0.404 e. The summed E-state index contributed by atoms with van der Waals surface area (Å²) in [6.07, 6.45) is 2.75. The fraction of sp³-hybridized carbons (Fsp3) is 0.370. The zero-order valence-electron chi connectivity index (χ0n) is 24.3. The number of phosphoric ester groups is 2. The van der Waals surface area contributed by atoms with Crippen molar-refractivity contribution in [2.24, 2.45) is 0 Å². The number of rotatable bonds is 16. The Balaban J connectivity index is 1.73. The highest BCUT2D eigenvalue weighted by Gasteiger charge is 2.24. The second kappa shape index (κ2) is 14.9. The van der Waals surface area contributed by atoms with Crippen molar-refractivity contribution >= 4 is 60.9 Å². The molecule has 2 heterocycles. The SMILES string of the molecule is CCCCc1nc2c(N)nc3cc(CCOCCNC(=O)CCl)ccc3c2n1Cc1cc(OP(=O)(O)O)ccc1OP(=O)(O)O. The Morgan fingerprint density at radius 1 is 1.02 bits per heavy atom. The lowest BCUT2D eigenvalue weighted by atomic mass is 10.1. The van der Waals surface area contributed by atoms with Gasteiger partial charge in [-0.15, -0.1) is 11.6 Å². The van der Waals surface area contributed by atoms with Gasteiger partial charge < -0.3 is 29.4 Å². The summed E-state index contributed by atoms with van der Waals surface area (Å²) in [5.74, 6) is -0.0118. The van der Waals surface area contributed by atoms with Crippen LogP contribution in [0.4, 0.5) is 5.82 Å². The number of hydrogen-bond donors (Lipinski definition) is 6. The van der Waals surface area contributed by atoms with E-state index in [1.54, 1.807) is 0 Å². The number of anilines is 1. The van der Waals surface area contributed by atoms with Crippen LogP contribution in [-0.4, -0.2) is 65.7 Å². The first kappa shape index (κ1) is 34.6. The van der Waals surface area contributed by atoms with E-state index in [2.05, 4.69) is 10.3 Å². The molecule has 15 nitrogen and oxygen atoms in total. The number of nitrogens with two attached hydrogens (primary N) is 1. The molecule has 2 aromatic heterocycles. The fourth-order valence-corrected chi connectivity index (χ4v) is 5.64. The van der Waals surface area contributed by atoms with E-state index in [1.165, 1.54) is 12.1 Å². The Bertz CT molecular complexity index is 1770. The number of phosphoric acid groups is 2. The van der Waals surface area contributed by atoms with Gasteiger partial charge in [-0.05, 0) is 42.7 Å². The largest absolute Gasteiger partial charge is 0.524 e. The number of pyridine rings is 1. The standard InChI is InChI=1S/C27H34ClN5O10P2/c1-2-3-4-23-32-25-26(33(23)16-18-14-19(42-44(35,36)37)6-8-22(18)43-45(38,39)40)20-7-5-17(13-21(20)31-27(25)29)9-11-41-12-10-30-24(34)15-28/h5-8,13-14H,2-4,9-12,15-16H2,1H3,(H2,29,31)(H,30,34)(H2,35,36,37)(H2,38,39,40). The second-order valence-electron chi connectivity index (χ2n) is 10.0. The van der Waals surface area contributed by atoms with Gasteiger partial charge >= 0.3 is 15.6 Å². The number of benzene rings is 2. The third kappa shape index (κ3) is 9.62. The van der Waals surface area contributed by atoms with Crippen LogP contribution in [0.1, 0.15) is 36.7 Å². The number of nitrogens with one attached hydrogen (secondary N) is 1. The number of nitrogens with zero attached hydrogens (tertiary/aromatic N) is 3. The predicted molar refractivity (Wildman–Crippen MR) is 167 cm³/mol. The van der Waals surface area contributed by atoms with Crippen LogP contribution in [0.3, 0.4) is 0 Å². The van der Waals surface area contributed by atoms with Crippen molar-refractivity contribution in [2.45, 2.75) is 39.2 Å². The Morgan fingerprint density at radius 3 is 2.47 bits per heavy atom. The average Bonchev–Trinajstić information content (AvgIpc) is 3.32. The van der Waals surface area contributed by atoms with Crippen molar-refractivity contribution in [3.8, 4) is 11.5 Å². The molecule has 0 spiro atoms. The van der Waals surface area contributed by atoms with Crippen molar-refractivity contribution < 1.29 is 47.3 Å². The minimum absolute atomic E-state index is 0.0579. The van der Waals surface area contributed by atoms with Crippen LogP contribution in [0, 0.1) is 0 Å². The Kier molecular flexibility index (Phi) is 11.5. The number of fused-ring (bicyclic) bond motifs is 3. The van der Waals surface area contributed by atoms with Crippen LogP contribution < -0.4 is 20.1 Å². The molecule has 0 bridgehead atoms. The van der Waals surface area contributed by atoms with Gasteiger partial charge in [0.25, 0.3) is 0 Å². The maximum atomic E-state index is 11.7. The highest BCUT2D eigenvalue weighted by molar-refractivity contribution is 7.47. The highest BCUT2D eigenvalue weighted by Crippen LogP contribution is 2.43. The van der Waals surface area contributed by atoms with Gasteiger partial charge in [0.05, 0.1) is 30.8 Å². The molecule has 0 unspecified atom stereocenters. The quantitative estimate of drug-likeness (QED) is 0.0565. The summed E-state index contributed by atoms with van der Waals surface area (Å²) in [6, 6.07) is 9.21. The summed E-state index contributed by atoms with van der Waals surface area (Å²) in [6.45, 7) is 3.04. The minimum atomic E-state index is -5.00. The lowest BCUT2D eigenvalue weighted by Gasteiger charge is -2.17. The summed E-state index contributed by atoms with van der Waals surface area (Å²) >= 11 is 5.46. The number of aryl methyl sites for hydroxylation is 1. The first-order valence-corrected chi connectivity index (χ1v) is 17.5. The molecule has 4 rings (SSSR count). The summed E-state index contributed by atoms with van der Waals surface area (Å²) in [5.41, 5.74) is 9.11. The molecule has 0 aliphatic rings. The van der Waals surface area contributed by atoms with Gasteiger partial charge in [0, 0.05) is 23.9 Å². The molecule has 1 amide bonds. The number of nitrogen functional groups attached to an aromatic ring is 1. The van der Waals surface area contributed by atoms with Crippen LogP contribution >= 0.6 is 27.2 Å². The van der Waals surface area contributed by atoms with E-state index >= 15 is 0 Å². The summed E-state index contributed by atoms with van der Waals surface area (Å²) in [4.78, 5) is 58.3. The molecule has 2 aromatic carbocycles. The Morgan fingerprint density at radius 2 is 1.78 bits per heavy atom. The van der Waals surface area contributed by atoms with Crippen molar-refractivity contribution in [3.63, 3.8) is 0 Å². The van der Waals surface area contributed by atoms with Gasteiger partial charge in [0.15, 0.2) is 5.82 Å². The molecule has 0 fully saturated rings. The van der Waals surface area contributed by atoms with Crippen LogP contribution in [0.5, 0.6) is 11.5 Å². The number of amides is 1. The summed E-state index contributed by atoms with van der Waals surface area (Å²) in [5, 5.41) is 3.34. The second-order valence-corrected chi connectivity index (χ2v) is 12.6. The number of ether oxygens (including phenoxy) is 1. The topological polar surface area (TPSA) is 229 Å². The lowest BCUT2D eigenvalue weighted by Crippen LogP contribution is -2.28. The molecule has 18 heteroatoms. The van der Waals surface area contributed by atoms with E-state index in [0.717, 1.165) is 24.5 Å². The highest BCUT2D eigenvalue weighted by atomic mass is 35.5. The Hall–Kier alpha value is -3.26. The van der Waals surface area contributed by atoms with E-state index < -0.39 is 15.6 Å². The lowest BCUT2D eigenvalue weighted by molar-refractivity contribution is -0.118. The first-order chi connectivity index (χ1) is 21.3. The molecule has 4 aromatic rings. The van der Waals surface area contributed by atoms with Gasteiger partial charge in [0.2, 0.25) is 5.91 Å². The van der Waals surface area contributed by atoms with E-state index in [9.17, 15) is 33.5 Å². The summed E-state index contributed by atoms with van der Waals surface area (Å²) < 4.78 is 40.3. The van der Waals surface area contributed by atoms with Gasteiger partial charge in [-0.2, -0.15) is 0 Å². The minimum Gasteiger partial charge on any atom is -0.404 e.